The van der Waals surface area contributed by atoms with Crippen LogP contribution in [-0.2, 0) is 23.9 Å². The summed E-state index contributed by atoms with van der Waals surface area (Å²) in [4.78, 5) is 50.9. The van der Waals surface area contributed by atoms with Crippen LogP contribution in [0, 0.1) is 19.8 Å². The molecular weight excluding hydrogens is 448 g/mol. The van der Waals surface area contributed by atoms with Crippen LogP contribution >= 0.6 is 0 Å². The number of nitrogens with one attached hydrogen (secondary N) is 1. The van der Waals surface area contributed by atoms with Crippen molar-refractivity contribution in [1.29, 1.82) is 0 Å². The summed E-state index contributed by atoms with van der Waals surface area (Å²) in [5.41, 5.74) is 3.52. The van der Waals surface area contributed by atoms with Gasteiger partial charge in [-0.1, -0.05) is 38.0 Å². The second-order valence-electron chi connectivity index (χ2n) is 8.72. The zero-order chi connectivity index (χ0) is 25.4. The van der Waals surface area contributed by atoms with Gasteiger partial charge in [0, 0.05) is 24.3 Å². The van der Waals surface area contributed by atoms with Gasteiger partial charge >= 0.3 is 11.9 Å². The van der Waals surface area contributed by atoms with Crippen LogP contribution in [0.5, 0.6) is 0 Å². The van der Waals surface area contributed by atoms with Gasteiger partial charge in [0.1, 0.15) is 0 Å². The monoisotopic (exact) mass is 480 g/mol. The number of amides is 2. The molecule has 2 amide bonds. The highest BCUT2D eigenvalue weighted by Gasteiger charge is 2.36. The van der Waals surface area contributed by atoms with E-state index < -0.39 is 30.4 Å². The predicted octanol–water partition coefficient (Wildman–Crippen LogP) is 4.19. The maximum absolute atomic E-state index is 12.5. The number of carbonyl (C=O) groups excluding carboxylic acids is 4. The highest BCUT2D eigenvalue weighted by atomic mass is 16.5. The Morgan fingerprint density at radius 2 is 1.69 bits per heavy atom. The van der Waals surface area contributed by atoms with Gasteiger partial charge in [-0.05, 0) is 55.7 Å². The van der Waals surface area contributed by atoms with Crippen molar-refractivity contribution in [3.63, 3.8) is 0 Å². The summed E-state index contributed by atoms with van der Waals surface area (Å²) in [5.74, 6) is -2.32. The standard InChI is InChI=1S/C27H32N2O6/c1-4-5-6-14-34-26(32)20-10-12-22(13-11-20)29-16-21(15-24(29)31)27(33)35-17-23(30)28-25-18(2)8-7-9-19(25)3/h7-13,21H,4-6,14-17H2,1-3H3,(H,28,30)/t21-/m0/s1. The van der Waals surface area contributed by atoms with E-state index in [-0.39, 0.29) is 18.9 Å². The van der Waals surface area contributed by atoms with Crippen molar-refractivity contribution in [1.82, 2.24) is 0 Å². The van der Waals surface area contributed by atoms with E-state index >= 15 is 0 Å². The average Bonchev–Trinajstić information content (AvgIpc) is 3.24. The van der Waals surface area contributed by atoms with Crippen LogP contribution in [0.25, 0.3) is 0 Å². The van der Waals surface area contributed by atoms with E-state index in [1.165, 1.54) is 4.90 Å². The molecule has 3 rings (SSSR count). The van der Waals surface area contributed by atoms with Crippen molar-refractivity contribution in [3.8, 4) is 0 Å². The first-order chi connectivity index (χ1) is 16.8. The Hall–Kier alpha value is -3.68. The molecule has 1 heterocycles. The first-order valence-electron chi connectivity index (χ1n) is 11.9. The van der Waals surface area contributed by atoms with Gasteiger partial charge in [-0.3, -0.25) is 14.4 Å². The molecule has 0 aromatic heterocycles. The number of nitrogens with zero attached hydrogens (tertiary/aromatic N) is 1. The molecule has 2 aromatic rings. The number of hydrogen-bond donors (Lipinski definition) is 1. The van der Waals surface area contributed by atoms with Gasteiger partial charge in [0.2, 0.25) is 5.91 Å². The normalized spacial score (nSPS) is 15.1. The third kappa shape index (κ3) is 6.91. The second-order valence-corrected chi connectivity index (χ2v) is 8.72. The van der Waals surface area contributed by atoms with Crippen LogP contribution in [0.1, 0.15) is 54.1 Å². The Kier molecular flexibility index (Phi) is 9.00. The molecule has 1 saturated heterocycles. The van der Waals surface area contributed by atoms with Crippen molar-refractivity contribution in [2.45, 2.75) is 46.5 Å². The summed E-state index contributed by atoms with van der Waals surface area (Å²) in [6.07, 6.45) is 2.88. The molecule has 0 radical (unpaired) electrons. The second kappa shape index (κ2) is 12.1. The maximum Gasteiger partial charge on any atom is 0.338 e. The summed E-state index contributed by atoms with van der Waals surface area (Å²) in [6, 6.07) is 12.2. The molecule has 1 fully saturated rings. The minimum Gasteiger partial charge on any atom is -0.462 e. The first-order valence-corrected chi connectivity index (χ1v) is 11.9. The molecule has 35 heavy (non-hydrogen) atoms. The Morgan fingerprint density at radius 3 is 2.34 bits per heavy atom. The summed E-state index contributed by atoms with van der Waals surface area (Å²) in [5, 5.41) is 2.77. The van der Waals surface area contributed by atoms with Gasteiger partial charge < -0.3 is 19.7 Å². The van der Waals surface area contributed by atoms with Gasteiger partial charge in [-0.2, -0.15) is 0 Å². The van der Waals surface area contributed by atoms with Gasteiger partial charge in [-0.15, -0.1) is 0 Å². The number of anilines is 2. The molecule has 1 N–H and O–H groups in total. The number of ether oxygens (including phenoxy) is 2. The lowest BCUT2D eigenvalue weighted by molar-refractivity contribution is -0.151. The fourth-order valence-electron chi connectivity index (χ4n) is 3.93. The van der Waals surface area contributed by atoms with Gasteiger partial charge in [0.15, 0.2) is 6.61 Å². The van der Waals surface area contributed by atoms with Crippen molar-refractivity contribution in [2.75, 3.05) is 30.0 Å². The van der Waals surface area contributed by atoms with E-state index in [9.17, 15) is 19.2 Å². The van der Waals surface area contributed by atoms with E-state index in [4.69, 9.17) is 9.47 Å². The lowest BCUT2D eigenvalue weighted by Gasteiger charge is -2.17. The van der Waals surface area contributed by atoms with Crippen LogP contribution in [0.3, 0.4) is 0 Å². The molecule has 2 aromatic carbocycles. The largest absolute Gasteiger partial charge is 0.462 e. The van der Waals surface area contributed by atoms with Gasteiger partial charge in [-0.25, -0.2) is 4.79 Å². The van der Waals surface area contributed by atoms with Crippen LogP contribution in [-0.4, -0.2) is 43.5 Å². The van der Waals surface area contributed by atoms with Gasteiger partial charge in [0.25, 0.3) is 5.91 Å². The Labute approximate surface area is 205 Å². The molecule has 0 bridgehead atoms. The van der Waals surface area contributed by atoms with Gasteiger partial charge in [0.05, 0.1) is 18.1 Å². The number of carbonyl (C=O) groups is 4. The lowest BCUT2D eigenvalue weighted by atomic mass is 10.1. The topological polar surface area (TPSA) is 102 Å². The number of unbranched alkanes of at least 4 members (excludes halogenated alkanes) is 2. The zero-order valence-electron chi connectivity index (χ0n) is 20.5. The van der Waals surface area contributed by atoms with Crippen LogP contribution < -0.4 is 10.2 Å². The van der Waals surface area contributed by atoms with E-state index in [1.54, 1.807) is 24.3 Å². The third-order valence-electron chi connectivity index (χ3n) is 5.95. The number of para-hydroxylation sites is 1. The summed E-state index contributed by atoms with van der Waals surface area (Å²) < 4.78 is 10.4. The first kappa shape index (κ1) is 25.9. The molecule has 0 spiro atoms. The fraction of sp³-hybridized carbons (Fsp3) is 0.407. The molecule has 1 aliphatic rings. The number of benzene rings is 2. The SMILES string of the molecule is CCCCCOC(=O)c1ccc(N2C[C@@H](C(=O)OCC(=O)Nc3c(C)cccc3C)CC2=O)cc1. The number of rotatable bonds is 10. The van der Waals surface area contributed by atoms with Crippen LogP contribution in [0.4, 0.5) is 11.4 Å². The molecule has 8 heteroatoms. The Balaban J connectivity index is 1.50. The molecule has 1 atom stereocenters. The van der Waals surface area contributed by atoms with E-state index in [2.05, 4.69) is 12.2 Å². The molecule has 0 saturated carbocycles. The molecular formula is C27H32N2O6. The molecule has 186 valence electrons. The highest BCUT2D eigenvalue weighted by Crippen LogP contribution is 2.26. The molecule has 1 aliphatic heterocycles. The minimum absolute atomic E-state index is 0.00141. The molecule has 0 unspecified atom stereocenters. The van der Waals surface area contributed by atoms with E-state index in [0.29, 0.717) is 23.5 Å². The maximum atomic E-state index is 12.5. The lowest BCUT2D eigenvalue weighted by Crippen LogP contribution is -2.28. The fourth-order valence-corrected chi connectivity index (χ4v) is 3.93. The number of hydrogen-bond acceptors (Lipinski definition) is 6. The summed E-state index contributed by atoms with van der Waals surface area (Å²) in [6.45, 7) is 5.95. The summed E-state index contributed by atoms with van der Waals surface area (Å²) >= 11 is 0. The third-order valence-corrected chi connectivity index (χ3v) is 5.95. The predicted molar refractivity (Wildman–Crippen MR) is 132 cm³/mol. The summed E-state index contributed by atoms with van der Waals surface area (Å²) in [7, 11) is 0. The number of aryl methyl sites for hydroxylation is 2. The average molecular weight is 481 g/mol. The highest BCUT2D eigenvalue weighted by molar-refractivity contribution is 6.00. The van der Waals surface area contributed by atoms with Crippen molar-refractivity contribution < 1.29 is 28.7 Å². The van der Waals surface area contributed by atoms with Crippen LogP contribution in [0.2, 0.25) is 0 Å². The van der Waals surface area contributed by atoms with Crippen molar-refractivity contribution >= 4 is 35.1 Å². The molecule has 0 aliphatic carbocycles. The van der Waals surface area contributed by atoms with Crippen LogP contribution in [0.15, 0.2) is 42.5 Å². The number of esters is 2. The minimum atomic E-state index is -0.668. The zero-order valence-corrected chi connectivity index (χ0v) is 20.5. The Bertz CT molecular complexity index is 1060. The Morgan fingerprint density at radius 1 is 1.00 bits per heavy atom. The molecule has 8 nitrogen and oxygen atoms in total. The van der Waals surface area contributed by atoms with Crippen molar-refractivity contribution in [2.24, 2.45) is 5.92 Å². The van der Waals surface area contributed by atoms with E-state index in [1.807, 2.05) is 32.0 Å². The van der Waals surface area contributed by atoms with Crippen molar-refractivity contribution in [3.05, 3.63) is 59.2 Å². The quantitative estimate of drug-likeness (QED) is 0.404. The van der Waals surface area contributed by atoms with E-state index in [0.717, 1.165) is 30.4 Å². The smallest absolute Gasteiger partial charge is 0.338 e.